The molecule has 0 rings (SSSR count). The molecule has 0 unspecified atom stereocenters. The van der Waals surface area contributed by atoms with Crippen molar-refractivity contribution in [1.29, 1.82) is 0 Å². The molecule has 0 aliphatic heterocycles. The van der Waals surface area contributed by atoms with Crippen molar-refractivity contribution in [1.82, 2.24) is 0 Å². The van der Waals surface area contributed by atoms with Gasteiger partial charge in [-0.15, -0.1) is 0 Å². The van der Waals surface area contributed by atoms with Crippen LogP contribution in [0.15, 0.2) is 0 Å². The molecule has 0 fully saturated rings. The van der Waals surface area contributed by atoms with Gasteiger partial charge in [-0.1, -0.05) is 0 Å². The Labute approximate surface area is 67.5 Å². The van der Waals surface area contributed by atoms with Crippen molar-refractivity contribution in [3.8, 4) is 0 Å². The van der Waals surface area contributed by atoms with Gasteiger partial charge in [-0.2, -0.15) is 0 Å². The van der Waals surface area contributed by atoms with Crippen LogP contribution in [0, 0.1) is 0 Å². The Morgan fingerprint density at radius 3 is 1.25 bits per heavy atom. The maximum absolute atomic E-state index is 4.00. The molecule has 0 saturated carbocycles. The van der Waals surface area contributed by atoms with Crippen molar-refractivity contribution in [2.24, 2.45) is 11.7 Å². The Morgan fingerprint density at radius 1 is 1.25 bits per heavy atom. The largest absolute Gasteiger partial charge is 0 e. The minimum Gasteiger partial charge on any atom is 0 e. The summed E-state index contributed by atoms with van der Waals surface area (Å²) in [6, 6.07) is 0. The van der Waals surface area contributed by atoms with Gasteiger partial charge in [0.05, 0.1) is 0 Å². The Bertz CT molecular complexity index is 9.61. The molecule has 26 valence electrons. The van der Waals surface area contributed by atoms with E-state index in [2.05, 4.69) is 11.7 Å². The van der Waals surface area contributed by atoms with Crippen LogP contribution in [0.5, 0.6) is 0 Å². The molecule has 0 saturated heterocycles. The molecule has 4 N–H and O–H groups in total. The Hall–Kier alpha value is 1.71. The third-order valence-corrected chi connectivity index (χ3v) is 0. The molecule has 4 heteroatoms. The van der Waals surface area contributed by atoms with Crippen LogP contribution >= 0.6 is 0 Å². The summed E-state index contributed by atoms with van der Waals surface area (Å²) in [6.45, 7) is 0. The van der Waals surface area contributed by atoms with Crippen LogP contribution in [0.4, 0.5) is 0 Å². The monoisotopic (exact) mass is 106 g/mol. The summed E-state index contributed by atoms with van der Waals surface area (Å²) in [5, 5.41) is 0. The Kier molecular flexibility index (Phi) is 95.5. The molecule has 0 bridgehead atoms. The average Bonchev–Trinajstić information content (AvgIpc) is 1.00. The third-order valence-electron chi connectivity index (χ3n) is 0. The fourth-order valence-electron chi connectivity index (χ4n) is 0. The molecule has 0 aromatic carbocycles. The average molecular weight is 106 g/mol. The van der Waals surface area contributed by atoms with E-state index in [1.807, 2.05) is 0 Å². The predicted octanol–water partition coefficient (Wildman–Crippen LogP) is -3.04. The van der Waals surface area contributed by atoms with Gasteiger partial charge in [-0.05, 0) is 0 Å². The SMILES string of the molecule is NN.[AlH3].[CaH2].[HH]. The van der Waals surface area contributed by atoms with Crippen molar-refractivity contribution >= 4 is 55.1 Å². The summed E-state index contributed by atoms with van der Waals surface area (Å²) in [4.78, 5) is 0. The van der Waals surface area contributed by atoms with E-state index in [1.165, 1.54) is 0 Å². The molecule has 0 radical (unpaired) electrons. The molecule has 4 heavy (non-hydrogen) atoms. The van der Waals surface area contributed by atoms with E-state index in [-0.39, 0.29) is 56.5 Å². The van der Waals surface area contributed by atoms with E-state index in [9.17, 15) is 0 Å². The van der Waals surface area contributed by atoms with Gasteiger partial charge in [0.1, 0.15) is 0 Å². The molecular weight excluding hydrogens is 95.1 g/mol. The van der Waals surface area contributed by atoms with Gasteiger partial charge in [0.25, 0.3) is 0 Å². The molecule has 0 aliphatic rings. The zero-order valence-corrected chi connectivity index (χ0v) is 1.15. The summed E-state index contributed by atoms with van der Waals surface area (Å²) in [5.74, 6) is 8.00. The van der Waals surface area contributed by atoms with Gasteiger partial charge in [-0.25, -0.2) is 0 Å². The zero-order chi connectivity index (χ0) is 2.00. The molecule has 0 atom stereocenters. The summed E-state index contributed by atoms with van der Waals surface area (Å²) in [5.41, 5.74) is 0. The van der Waals surface area contributed by atoms with Gasteiger partial charge < -0.3 is 0 Å². The van der Waals surface area contributed by atoms with Crippen LogP contribution in [0.1, 0.15) is 1.43 Å². The Balaban J connectivity index is -0.00000000167. The summed E-state index contributed by atoms with van der Waals surface area (Å²) in [7, 11) is 0. The predicted molar refractivity (Wildman–Crippen MR) is 29.0 cm³/mol. The first kappa shape index (κ1) is 17.2. The molecule has 0 amide bonds. The van der Waals surface area contributed by atoms with Crippen LogP contribution < -0.4 is 11.7 Å². The number of hydrazine groups is 1. The molecule has 0 spiro atoms. The molecular formula is H11AlCaN2. The third kappa shape index (κ3) is 9.31. The number of rotatable bonds is 0. The number of hydrogen-bond donors (Lipinski definition) is 2. The van der Waals surface area contributed by atoms with Crippen LogP contribution in [0.3, 0.4) is 0 Å². The van der Waals surface area contributed by atoms with E-state index in [0.717, 1.165) is 0 Å². The quantitative estimate of drug-likeness (QED) is 0.196. The van der Waals surface area contributed by atoms with E-state index >= 15 is 0 Å². The second-order valence-corrected chi connectivity index (χ2v) is 0. The summed E-state index contributed by atoms with van der Waals surface area (Å²) < 4.78 is 0. The maximum Gasteiger partial charge on any atom is 0 e. The molecule has 0 heterocycles. The maximum atomic E-state index is 4.00. The van der Waals surface area contributed by atoms with E-state index in [0.29, 0.717) is 0 Å². The second-order valence-electron chi connectivity index (χ2n) is 0. The second kappa shape index (κ2) is 22.2. The number of nitrogens with two attached hydrogens (primary N) is 2. The van der Waals surface area contributed by atoms with E-state index in [4.69, 9.17) is 0 Å². The first-order chi connectivity index (χ1) is 1.00. The molecule has 0 aromatic rings. The standard InChI is InChI=1S/Al.Ca.H4N2.H2.5H/c;;1-2;;;;;;/h;;1-2H2;1H;;;;;. The minimum absolute atomic E-state index is 0. The van der Waals surface area contributed by atoms with E-state index < -0.39 is 0 Å². The normalized spacial score (nSPS) is 1.50. The van der Waals surface area contributed by atoms with Gasteiger partial charge in [0, 0.05) is 1.43 Å². The molecule has 0 aliphatic carbocycles. The van der Waals surface area contributed by atoms with Gasteiger partial charge in [0.2, 0.25) is 0 Å². The van der Waals surface area contributed by atoms with Crippen LogP contribution in [0.25, 0.3) is 0 Å². The fourth-order valence-corrected chi connectivity index (χ4v) is 0. The molecule has 2 nitrogen and oxygen atoms in total. The fraction of sp³-hybridized carbons (Fsp3) is 0. The zero-order valence-electron chi connectivity index (χ0n) is 1.15. The van der Waals surface area contributed by atoms with Crippen LogP contribution in [-0.2, 0) is 0 Å². The first-order valence-electron chi connectivity index (χ1n) is 0.333. The van der Waals surface area contributed by atoms with Crippen molar-refractivity contribution in [3.63, 3.8) is 0 Å². The number of hydrogen-bond acceptors (Lipinski definition) is 2. The first-order valence-corrected chi connectivity index (χ1v) is 0.333. The molecule has 0 aromatic heterocycles. The van der Waals surface area contributed by atoms with Gasteiger partial charge >= 0.3 is 37.7 Å². The van der Waals surface area contributed by atoms with Crippen molar-refractivity contribution in [2.75, 3.05) is 0 Å². The summed E-state index contributed by atoms with van der Waals surface area (Å²) in [6.07, 6.45) is 0. The van der Waals surface area contributed by atoms with Crippen molar-refractivity contribution < 1.29 is 1.43 Å². The van der Waals surface area contributed by atoms with Crippen LogP contribution in [-0.4, -0.2) is 55.1 Å². The van der Waals surface area contributed by atoms with Crippen molar-refractivity contribution in [3.05, 3.63) is 0 Å². The van der Waals surface area contributed by atoms with E-state index in [1.54, 1.807) is 0 Å². The minimum atomic E-state index is 0. The topological polar surface area (TPSA) is 52.0 Å². The Morgan fingerprint density at radius 2 is 1.25 bits per heavy atom. The van der Waals surface area contributed by atoms with Crippen LogP contribution in [0.2, 0.25) is 0 Å². The van der Waals surface area contributed by atoms with Gasteiger partial charge in [0.15, 0.2) is 17.4 Å². The van der Waals surface area contributed by atoms with Crippen molar-refractivity contribution in [2.45, 2.75) is 0 Å². The smallest absolute Gasteiger partial charge is 0 e. The van der Waals surface area contributed by atoms with Gasteiger partial charge in [-0.3, -0.25) is 11.7 Å². The summed E-state index contributed by atoms with van der Waals surface area (Å²) >= 11 is 0.